The lowest BCUT2D eigenvalue weighted by Gasteiger charge is -2.06. The van der Waals surface area contributed by atoms with Gasteiger partial charge < -0.3 is 10.1 Å². The van der Waals surface area contributed by atoms with Crippen LogP contribution in [0.25, 0.3) is 11.6 Å². The highest BCUT2D eigenvalue weighted by Gasteiger charge is 2.23. The van der Waals surface area contributed by atoms with Gasteiger partial charge in [-0.05, 0) is 42.0 Å². The number of ketones is 1. The molecule has 4 nitrogen and oxygen atoms in total. The molecule has 138 valence electrons. The molecule has 3 aromatic rings. The Hall–Kier alpha value is -3.18. The molecular formula is C23H16BrNO3. The zero-order valence-corrected chi connectivity index (χ0v) is 16.4. The lowest BCUT2D eigenvalue weighted by atomic mass is 10.0. The molecule has 1 N–H and O–H groups in total. The topological polar surface area (TPSA) is 55.4 Å². The van der Waals surface area contributed by atoms with Crippen LogP contribution in [0, 0.1) is 0 Å². The van der Waals surface area contributed by atoms with Gasteiger partial charge in [0.15, 0.2) is 12.4 Å². The molecule has 0 unspecified atom stereocenters. The second-order valence-electron chi connectivity index (χ2n) is 6.35. The molecule has 1 aliphatic rings. The van der Waals surface area contributed by atoms with Crippen LogP contribution in [0.1, 0.15) is 21.5 Å². The zero-order chi connectivity index (χ0) is 19.5. The lowest BCUT2D eigenvalue weighted by molar-refractivity contribution is -0.110. The number of benzene rings is 3. The number of halogens is 1. The van der Waals surface area contributed by atoms with E-state index in [1.54, 1.807) is 24.3 Å². The first-order chi connectivity index (χ1) is 13.6. The Morgan fingerprint density at radius 1 is 0.964 bits per heavy atom. The van der Waals surface area contributed by atoms with Crippen molar-refractivity contribution in [1.82, 2.24) is 0 Å². The van der Waals surface area contributed by atoms with Gasteiger partial charge in [0.05, 0.1) is 0 Å². The predicted octanol–water partition coefficient (Wildman–Crippen LogP) is 5.20. The smallest absolute Gasteiger partial charge is 0.256 e. The van der Waals surface area contributed by atoms with Gasteiger partial charge in [-0.1, -0.05) is 58.4 Å². The molecule has 0 bridgehead atoms. The van der Waals surface area contributed by atoms with Crippen molar-refractivity contribution < 1.29 is 14.3 Å². The first-order valence-corrected chi connectivity index (χ1v) is 9.53. The van der Waals surface area contributed by atoms with Crippen molar-refractivity contribution in [2.45, 2.75) is 0 Å². The fourth-order valence-electron chi connectivity index (χ4n) is 2.98. The number of rotatable bonds is 5. The molecule has 0 atom stereocenters. The first kappa shape index (κ1) is 18.2. The SMILES string of the molecule is O=C1Nc2ccccc2/C1=C\c1ccc(OCC(=O)c2ccc(Br)cc2)cc1. The lowest BCUT2D eigenvalue weighted by Crippen LogP contribution is -2.11. The number of ether oxygens (including phenoxy) is 1. The van der Waals surface area contributed by atoms with E-state index in [1.807, 2.05) is 54.6 Å². The molecule has 0 fully saturated rings. The molecule has 1 amide bonds. The van der Waals surface area contributed by atoms with Crippen LogP contribution in [0.3, 0.4) is 0 Å². The summed E-state index contributed by atoms with van der Waals surface area (Å²) in [5.41, 5.74) is 3.84. The van der Waals surface area contributed by atoms with E-state index in [9.17, 15) is 9.59 Å². The summed E-state index contributed by atoms with van der Waals surface area (Å²) in [4.78, 5) is 24.4. The van der Waals surface area contributed by atoms with Crippen molar-refractivity contribution in [1.29, 1.82) is 0 Å². The van der Waals surface area contributed by atoms with E-state index >= 15 is 0 Å². The third kappa shape index (κ3) is 3.89. The van der Waals surface area contributed by atoms with Crippen LogP contribution in [0.2, 0.25) is 0 Å². The molecule has 1 heterocycles. The van der Waals surface area contributed by atoms with Crippen molar-refractivity contribution >= 4 is 45.0 Å². The zero-order valence-electron chi connectivity index (χ0n) is 14.8. The van der Waals surface area contributed by atoms with Gasteiger partial charge in [-0.15, -0.1) is 0 Å². The summed E-state index contributed by atoms with van der Waals surface area (Å²) < 4.78 is 6.52. The van der Waals surface area contributed by atoms with E-state index < -0.39 is 0 Å². The maximum atomic E-state index is 12.2. The van der Waals surface area contributed by atoms with Crippen molar-refractivity contribution in [2.24, 2.45) is 0 Å². The Morgan fingerprint density at radius 3 is 2.43 bits per heavy atom. The highest BCUT2D eigenvalue weighted by atomic mass is 79.9. The Morgan fingerprint density at radius 2 is 1.68 bits per heavy atom. The molecular weight excluding hydrogens is 418 g/mol. The number of anilines is 1. The minimum atomic E-state index is -0.110. The average Bonchev–Trinajstić information content (AvgIpc) is 3.03. The van der Waals surface area contributed by atoms with Crippen LogP contribution in [0.4, 0.5) is 5.69 Å². The van der Waals surface area contributed by atoms with Gasteiger partial charge in [0.25, 0.3) is 5.91 Å². The summed E-state index contributed by atoms with van der Waals surface area (Å²) >= 11 is 3.35. The Labute approximate surface area is 171 Å². The number of nitrogens with one attached hydrogen (secondary N) is 1. The fourth-order valence-corrected chi connectivity index (χ4v) is 3.24. The van der Waals surface area contributed by atoms with Gasteiger partial charge in [-0.25, -0.2) is 0 Å². The van der Waals surface area contributed by atoms with Crippen LogP contribution in [0.5, 0.6) is 5.75 Å². The van der Waals surface area contributed by atoms with Crippen LogP contribution in [-0.4, -0.2) is 18.3 Å². The van der Waals surface area contributed by atoms with Crippen molar-refractivity contribution in [3.8, 4) is 5.75 Å². The van der Waals surface area contributed by atoms with Gasteiger partial charge in [-0.3, -0.25) is 9.59 Å². The molecule has 4 rings (SSSR count). The van der Waals surface area contributed by atoms with E-state index in [1.165, 1.54) is 0 Å². The quantitative estimate of drug-likeness (QED) is 0.444. The van der Waals surface area contributed by atoms with E-state index in [0.717, 1.165) is 21.3 Å². The molecule has 0 radical (unpaired) electrons. The second-order valence-corrected chi connectivity index (χ2v) is 7.26. The van der Waals surface area contributed by atoms with Gasteiger partial charge >= 0.3 is 0 Å². The van der Waals surface area contributed by atoms with E-state index in [-0.39, 0.29) is 18.3 Å². The Bertz CT molecular complexity index is 1070. The van der Waals surface area contributed by atoms with Crippen LogP contribution < -0.4 is 10.1 Å². The van der Waals surface area contributed by atoms with E-state index in [2.05, 4.69) is 21.2 Å². The summed E-state index contributed by atoms with van der Waals surface area (Å²) in [5, 5.41) is 2.86. The number of amides is 1. The highest BCUT2D eigenvalue weighted by Crippen LogP contribution is 2.32. The normalized spacial score (nSPS) is 13.9. The number of hydrogen-bond donors (Lipinski definition) is 1. The molecule has 0 aromatic heterocycles. The number of carbonyl (C=O) groups excluding carboxylic acids is 2. The third-order valence-corrected chi connectivity index (χ3v) is 4.97. The number of para-hydroxylation sites is 1. The minimum Gasteiger partial charge on any atom is -0.485 e. The van der Waals surface area contributed by atoms with Gasteiger partial charge in [0, 0.05) is 26.9 Å². The van der Waals surface area contributed by atoms with Crippen LogP contribution in [-0.2, 0) is 4.79 Å². The molecule has 28 heavy (non-hydrogen) atoms. The van der Waals surface area contributed by atoms with Crippen molar-refractivity contribution in [3.05, 3.63) is 94.0 Å². The maximum Gasteiger partial charge on any atom is 0.256 e. The summed E-state index contributed by atoms with van der Waals surface area (Å²) in [6, 6.07) is 22.1. The number of hydrogen-bond acceptors (Lipinski definition) is 3. The molecule has 5 heteroatoms. The predicted molar refractivity (Wildman–Crippen MR) is 113 cm³/mol. The number of fused-ring (bicyclic) bond motifs is 1. The Balaban J connectivity index is 1.44. The molecule has 0 aliphatic carbocycles. The monoisotopic (exact) mass is 433 g/mol. The largest absolute Gasteiger partial charge is 0.485 e. The van der Waals surface area contributed by atoms with E-state index in [4.69, 9.17) is 4.74 Å². The maximum absolute atomic E-state index is 12.2. The summed E-state index contributed by atoms with van der Waals surface area (Å²) in [6.45, 7) is -0.0299. The van der Waals surface area contributed by atoms with Crippen LogP contribution >= 0.6 is 15.9 Å². The standard InChI is InChI=1S/C23H16BrNO3/c24-17-9-7-16(8-10-17)22(26)14-28-18-11-5-15(6-12-18)13-20-19-3-1-2-4-21(19)25-23(20)27/h1-13H,14H2,(H,25,27)/b20-13+. The van der Waals surface area contributed by atoms with Gasteiger partial charge in [0.1, 0.15) is 5.75 Å². The first-order valence-electron chi connectivity index (χ1n) is 8.74. The molecule has 0 saturated carbocycles. The second kappa shape index (κ2) is 7.82. The number of Topliss-reactive ketones (excluding diaryl/α,β-unsaturated/α-hetero) is 1. The Kier molecular flexibility index (Phi) is 5.08. The molecule has 3 aromatic carbocycles. The van der Waals surface area contributed by atoms with E-state index in [0.29, 0.717) is 16.9 Å². The van der Waals surface area contributed by atoms with Crippen molar-refractivity contribution in [3.63, 3.8) is 0 Å². The highest BCUT2D eigenvalue weighted by molar-refractivity contribution is 9.10. The van der Waals surface area contributed by atoms with Crippen LogP contribution in [0.15, 0.2) is 77.3 Å². The molecule has 0 saturated heterocycles. The minimum absolute atomic E-state index is 0.0299. The van der Waals surface area contributed by atoms with Crippen molar-refractivity contribution in [2.75, 3.05) is 11.9 Å². The molecule has 0 spiro atoms. The number of carbonyl (C=O) groups is 2. The fraction of sp³-hybridized carbons (Fsp3) is 0.0435. The molecule has 1 aliphatic heterocycles. The summed E-state index contributed by atoms with van der Waals surface area (Å²) in [5.74, 6) is 0.406. The summed E-state index contributed by atoms with van der Waals surface area (Å²) in [6.07, 6.45) is 1.85. The van der Waals surface area contributed by atoms with Gasteiger partial charge in [-0.2, -0.15) is 0 Å². The van der Waals surface area contributed by atoms with Gasteiger partial charge in [0.2, 0.25) is 0 Å². The average molecular weight is 434 g/mol. The third-order valence-electron chi connectivity index (χ3n) is 4.44. The summed E-state index contributed by atoms with van der Waals surface area (Å²) in [7, 11) is 0.